The third-order valence-electron chi connectivity index (χ3n) is 11.8. The zero-order valence-electron chi connectivity index (χ0n) is 37.8. The summed E-state index contributed by atoms with van der Waals surface area (Å²) in [4.78, 5) is 89.4. The second kappa shape index (κ2) is 23.2. The van der Waals surface area contributed by atoms with Gasteiger partial charge in [-0.3, -0.25) is 33.7 Å². The van der Waals surface area contributed by atoms with Crippen molar-refractivity contribution in [2.24, 2.45) is 23.5 Å². The minimum absolute atomic E-state index is 0.0115. The van der Waals surface area contributed by atoms with Crippen molar-refractivity contribution in [3.05, 3.63) is 45.4 Å². The van der Waals surface area contributed by atoms with Gasteiger partial charge in [0, 0.05) is 43.8 Å². The number of amides is 3. The summed E-state index contributed by atoms with van der Waals surface area (Å²) in [5.74, 6) is -4.01. The summed E-state index contributed by atoms with van der Waals surface area (Å²) < 4.78 is 17.2. The Morgan fingerprint density at radius 1 is 1.06 bits per heavy atom. The number of hydrogen-bond donors (Lipinski definition) is 4. The fourth-order valence-corrected chi connectivity index (χ4v) is 8.91. The highest BCUT2D eigenvalue weighted by atomic mass is 32.1. The highest BCUT2D eigenvalue weighted by molar-refractivity contribution is 7.09. The molecule has 1 aliphatic carbocycles. The van der Waals surface area contributed by atoms with Gasteiger partial charge in [-0.25, -0.2) is 4.98 Å². The number of likely N-dealkylation sites (N-methyl/N-ethyl adjacent to an activating group) is 1. The molecule has 1 fully saturated rings. The molecule has 62 heavy (non-hydrogen) atoms. The third kappa shape index (κ3) is 13.7. The van der Waals surface area contributed by atoms with Gasteiger partial charge in [-0.2, -0.15) is 0 Å². The molecule has 3 amide bonds. The molecule has 8 unspecified atom stereocenters. The molecule has 8 atom stereocenters. The van der Waals surface area contributed by atoms with Gasteiger partial charge in [-0.1, -0.05) is 60.5 Å². The van der Waals surface area contributed by atoms with Gasteiger partial charge in [0.15, 0.2) is 12.8 Å². The van der Waals surface area contributed by atoms with Gasteiger partial charge < -0.3 is 40.6 Å². The molecule has 0 radical (unpaired) electrons. The van der Waals surface area contributed by atoms with E-state index in [0.29, 0.717) is 29.8 Å². The van der Waals surface area contributed by atoms with Crippen LogP contribution < -0.4 is 16.4 Å². The molecule has 2 heterocycles. The number of rotatable bonds is 20. The summed E-state index contributed by atoms with van der Waals surface area (Å²) in [6.45, 7) is 14.9. The minimum Gasteiger partial charge on any atom is -0.508 e. The number of phenols is 1. The van der Waals surface area contributed by atoms with Crippen LogP contribution in [-0.4, -0.2) is 113 Å². The molecular weight excluding hydrogens is 817 g/mol. The summed E-state index contributed by atoms with van der Waals surface area (Å²) in [6.07, 6.45) is 2.42. The SMILES string of the molecule is CCC(C)C(NC(=O)C1CCCCN1C)C(=O)N(COC(=O)CC(C)C)C(CC(OC(C)=O)c1nc(C(=O)NC2Cc3ccc(O)cc3C(C(=O)OC(C)CN)C2)cs1)C(C)C. The lowest BCUT2D eigenvalue weighted by Gasteiger charge is -2.39. The molecule has 4 rings (SSSR count). The van der Waals surface area contributed by atoms with Crippen LogP contribution in [0.3, 0.4) is 0 Å². The summed E-state index contributed by atoms with van der Waals surface area (Å²) in [5, 5.41) is 18.1. The van der Waals surface area contributed by atoms with Crippen LogP contribution in [0.1, 0.15) is 139 Å². The van der Waals surface area contributed by atoms with Crippen LogP contribution in [0.2, 0.25) is 0 Å². The highest BCUT2D eigenvalue weighted by Crippen LogP contribution is 2.36. The Bertz CT molecular complexity index is 1870. The number of thiazole rings is 1. The highest BCUT2D eigenvalue weighted by Gasteiger charge is 2.40. The van der Waals surface area contributed by atoms with E-state index in [-0.39, 0.29) is 73.7 Å². The Kier molecular flexibility index (Phi) is 18.7. The third-order valence-corrected chi connectivity index (χ3v) is 12.7. The first kappa shape index (κ1) is 50.0. The average molecular weight is 885 g/mol. The van der Waals surface area contributed by atoms with E-state index in [1.807, 2.05) is 53.5 Å². The first-order valence-electron chi connectivity index (χ1n) is 22.0. The zero-order chi connectivity index (χ0) is 45.8. The molecule has 1 aliphatic heterocycles. The topological polar surface area (TPSA) is 220 Å². The largest absolute Gasteiger partial charge is 0.508 e. The number of phenolic OH excluding ortho intramolecular Hbond substituents is 1. The number of piperidine rings is 1. The van der Waals surface area contributed by atoms with Gasteiger partial charge in [-0.15, -0.1) is 11.3 Å². The van der Waals surface area contributed by atoms with Crippen LogP contribution >= 0.6 is 11.3 Å². The predicted molar refractivity (Wildman–Crippen MR) is 234 cm³/mol. The van der Waals surface area contributed by atoms with Gasteiger partial charge >= 0.3 is 17.9 Å². The first-order chi connectivity index (χ1) is 29.3. The standard InChI is InChI=1S/C45H68N6O10S/c1-10-27(6)40(49-42(56)36-13-11-12-16-50(36)9)44(57)51(24-59-39(54)17-25(2)3)37(26(4)5)21-38(61-29(8)52)43-48-35(23-62-43)41(55)47-31-18-30-14-15-32(53)20-33(30)34(19-31)45(58)60-28(7)22-46/h14-15,20,23,25-28,31,34,36-38,40,53H,10-13,16-19,21-22,24,46H2,1-9H3,(H,47,55)(H,49,56). The van der Waals surface area contributed by atoms with Crippen LogP contribution in [0.15, 0.2) is 23.6 Å². The monoisotopic (exact) mass is 884 g/mol. The number of hydrogen-bond acceptors (Lipinski definition) is 14. The van der Waals surface area contributed by atoms with Crippen molar-refractivity contribution in [1.29, 1.82) is 0 Å². The lowest BCUT2D eigenvalue weighted by molar-refractivity contribution is -0.161. The molecule has 1 aromatic heterocycles. The molecule has 1 aromatic carbocycles. The summed E-state index contributed by atoms with van der Waals surface area (Å²) in [6, 6.07) is 2.32. The quantitative estimate of drug-likeness (QED) is 0.0785. The number of likely N-dealkylation sites (tertiary alicyclic amines) is 1. The first-order valence-corrected chi connectivity index (χ1v) is 22.8. The van der Waals surface area contributed by atoms with E-state index >= 15 is 0 Å². The van der Waals surface area contributed by atoms with Gasteiger partial charge in [0.05, 0.1) is 12.0 Å². The number of aromatic hydroxyl groups is 1. The van der Waals surface area contributed by atoms with Crippen LogP contribution in [0.5, 0.6) is 5.75 Å². The van der Waals surface area contributed by atoms with E-state index < -0.39 is 66.0 Å². The van der Waals surface area contributed by atoms with Gasteiger partial charge in [-0.05, 0) is 87.2 Å². The molecule has 344 valence electrons. The Balaban J connectivity index is 1.61. The second-order valence-electron chi connectivity index (χ2n) is 17.7. The molecule has 5 N–H and O–H groups in total. The normalized spacial score (nSPS) is 20.2. The number of nitrogens with two attached hydrogens (primary N) is 1. The average Bonchev–Trinajstić information content (AvgIpc) is 3.72. The van der Waals surface area contributed by atoms with Crippen LogP contribution in [-0.2, 0) is 44.6 Å². The Morgan fingerprint density at radius 2 is 1.79 bits per heavy atom. The summed E-state index contributed by atoms with van der Waals surface area (Å²) >= 11 is 1.12. The van der Waals surface area contributed by atoms with Gasteiger partial charge in [0.1, 0.15) is 28.6 Å². The number of carbonyl (C=O) groups excluding carboxylic acids is 6. The second-order valence-corrected chi connectivity index (χ2v) is 18.6. The van der Waals surface area contributed by atoms with E-state index in [9.17, 15) is 33.9 Å². The molecule has 2 aromatic rings. The number of fused-ring (bicyclic) bond motifs is 1. The smallest absolute Gasteiger partial charge is 0.313 e. The molecular formula is C45H68N6O10S. The lowest BCUT2D eigenvalue weighted by Crippen LogP contribution is -2.59. The van der Waals surface area contributed by atoms with E-state index in [4.69, 9.17) is 19.9 Å². The van der Waals surface area contributed by atoms with Crippen molar-refractivity contribution in [2.75, 3.05) is 26.9 Å². The number of esters is 3. The number of nitrogens with zero attached hydrogens (tertiary/aromatic N) is 3. The fraction of sp³-hybridized carbons (Fsp3) is 0.667. The van der Waals surface area contributed by atoms with Crippen LogP contribution in [0.4, 0.5) is 0 Å². The number of aromatic nitrogens is 1. The maximum Gasteiger partial charge on any atom is 0.313 e. The molecule has 17 heteroatoms. The van der Waals surface area contributed by atoms with Crippen molar-refractivity contribution in [1.82, 2.24) is 25.4 Å². The van der Waals surface area contributed by atoms with Crippen molar-refractivity contribution in [3.63, 3.8) is 0 Å². The van der Waals surface area contributed by atoms with Crippen molar-refractivity contribution >= 4 is 47.0 Å². The predicted octanol–water partition coefficient (Wildman–Crippen LogP) is 4.98. The zero-order valence-corrected chi connectivity index (χ0v) is 38.6. The summed E-state index contributed by atoms with van der Waals surface area (Å²) in [5.41, 5.74) is 7.17. The van der Waals surface area contributed by atoms with Crippen LogP contribution in [0, 0.1) is 17.8 Å². The van der Waals surface area contributed by atoms with E-state index in [1.165, 1.54) is 17.9 Å². The number of benzene rings is 1. The fourth-order valence-electron chi connectivity index (χ4n) is 8.07. The van der Waals surface area contributed by atoms with Gasteiger partial charge in [0.25, 0.3) is 5.91 Å². The van der Waals surface area contributed by atoms with E-state index in [0.717, 1.165) is 36.3 Å². The molecule has 0 bridgehead atoms. The maximum absolute atomic E-state index is 14.9. The van der Waals surface area contributed by atoms with E-state index in [2.05, 4.69) is 15.6 Å². The van der Waals surface area contributed by atoms with Gasteiger partial charge in [0.2, 0.25) is 11.8 Å². The van der Waals surface area contributed by atoms with Crippen LogP contribution in [0.25, 0.3) is 0 Å². The summed E-state index contributed by atoms with van der Waals surface area (Å²) in [7, 11) is 1.91. The number of carbonyl (C=O) groups is 6. The lowest BCUT2D eigenvalue weighted by atomic mass is 9.80. The molecule has 0 spiro atoms. The van der Waals surface area contributed by atoms with Crippen molar-refractivity contribution < 1.29 is 48.1 Å². The molecule has 1 saturated heterocycles. The maximum atomic E-state index is 14.9. The Morgan fingerprint density at radius 3 is 2.42 bits per heavy atom. The molecule has 2 aliphatic rings. The Labute approximate surface area is 370 Å². The molecule has 16 nitrogen and oxygen atoms in total. The number of nitrogens with one attached hydrogen (secondary N) is 2. The minimum atomic E-state index is -1.00. The molecule has 0 saturated carbocycles. The Hall–Kier alpha value is -4.61. The number of ether oxygens (including phenoxy) is 3. The van der Waals surface area contributed by atoms with E-state index in [1.54, 1.807) is 24.4 Å². The van der Waals surface area contributed by atoms with Crippen molar-refractivity contribution in [2.45, 2.75) is 149 Å². The van der Waals surface area contributed by atoms with Crippen molar-refractivity contribution in [3.8, 4) is 5.75 Å².